The van der Waals surface area contributed by atoms with Gasteiger partial charge in [0.15, 0.2) is 0 Å². The molecule has 2 aliphatic rings. The highest BCUT2D eigenvalue weighted by molar-refractivity contribution is 7.98. The Balaban J connectivity index is 0.000000312. The molecule has 0 atom stereocenters. The zero-order chi connectivity index (χ0) is 22.9. The zero-order valence-corrected chi connectivity index (χ0v) is 18.2. The third kappa shape index (κ3) is 6.32. The van der Waals surface area contributed by atoms with E-state index in [1.165, 1.54) is 16.0 Å². The number of carbonyl (C=O) groups excluding carboxylic acids is 1. The number of benzene rings is 2. The molecule has 0 spiro atoms. The number of hydrogen-bond acceptors (Lipinski definition) is 5. The van der Waals surface area contributed by atoms with Gasteiger partial charge in [0.1, 0.15) is 0 Å². The minimum Gasteiger partial charge on any atom is -0.478 e. The Morgan fingerprint density at radius 3 is 2.12 bits per heavy atom. The molecule has 8 heteroatoms. The van der Waals surface area contributed by atoms with E-state index in [2.05, 4.69) is 53.8 Å². The third-order valence-corrected chi connectivity index (χ3v) is 6.06. The van der Waals surface area contributed by atoms with Gasteiger partial charge in [-0.15, -0.1) is 11.8 Å². The number of carboxylic acids is 2. The Kier molecular flexibility index (Phi) is 8.24. The molecule has 3 N–H and O–H groups in total. The largest absolute Gasteiger partial charge is 0.478 e. The molecule has 4 rings (SSSR count). The number of carboxylic acid groups (broad SMARTS) is 2. The number of piperazine rings is 1. The van der Waals surface area contributed by atoms with Crippen molar-refractivity contribution >= 4 is 35.2 Å². The first-order valence-corrected chi connectivity index (χ1v) is 11.1. The van der Waals surface area contributed by atoms with Gasteiger partial charge in [0.2, 0.25) is 5.91 Å². The Labute approximate surface area is 190 Å². The smallest absolute Gasteiger partial charge is 0.328 e. The molecule has 2 heterocycles. The molecule has 32 heavy (non-hydrogen) atoms. The van der Waals surface area contributed by atoms with Crippen molar-refractivity contribution in [1.82, 2.24) is 10.2 Å². The van der Waals surface area contributed by atoms with Crippen molar-refractivity contribution < 1.29 is 24.6 Å². The number of fused-ring (bicyclic) bond motifs is 2. The molecule has 1 saturated heterocycles. The van der Waals surface area contributed by atoms with E-state index < -0.39 is 11.9 Å². The predicted octanol–water partition coefficient (Wildman–Crippen LogP) is 2.87. The van der Waals surface area contributed by atoms with E-state index in [4.69, 9.17) is 10.2 Å². The first-order chi connectivity index (χ1) is 15.5. The minimum absolute atomic E-state index is 0.114. The van der Waals surface area contributed by atoms with E-state index in [0.717, 1.165) is 43.1 Å². The molecular weight excluding hydrogens is 428 g/mol. The van der Waals surface area contributed by atoms with Gasteiger partial charge in [-0.2, -0.15) is 0 Å². The minimum atomic E-state index is -1.26. The number of thioether (sulfide) groups is 1. The first kappa shape index (κ1) is 23.3. The SMILES string of the molecule is O=C(/C=C1/c2ccccc2CSc2ccccc21)N1CCNCC1.O=C(O)/C=C\C(=O)O. The van der Waals surface area contributed by atoms with Crippen molar-refractivity contribution in [2.24, 2.45) is 0 Å². The van der Waals surface area contributed by atoms with Gasteiger partial charge in [-0.25, -0.2) is 9.59 Å². The van der Waals surface area contributed by atoms with Crippen molar-refractivity contribution in [2.75, 3.05) is 26.2 Å². The van der Waals surface area contributed by atoms with Gasteiger partial charge in [0.05, 0.1) is 0 Å². The number of carbonyl (C=O) groups is 3. The highest BCUT2D eigenvalue weighted by Crippen LogP contribution is 2.39. The van der Waals surface area contributed by atoms with Crippen LogP contribution in [0.4, 0.5) is 0 Å². The number of rotatable bonds is 3. The van der Waals surface area contributed by atoms with E-state index in [1.54, 1.807) is 0 Å². The van der Waals surface area contributed by atoms with Crippen molar-refractivity contribution in [3.05, 3.63) is 83.4 Å². The first-order valence-electron chi connectivity index (χ1n) is 10.1. The van der Waals surface area contributed by atoms with Crippen molar-refractivity contribution in [1.29, 1.82) is 0 Å². The maximum atomic E-state index is 12.8. The highest BCUT2D eigenvalue weighted by atomic mass is 32.2. The van der Waals surface area contributed by atoms with Gasteiger partial charge < -0.3 is 20.4 Å². The summed E-state index contributed by atoms with van der Waals surface area (Å²) in [7, 11) is 0. The summed E-state index contributed by atoms with van der Waals surface area (Å²) in [5.41, 5.74) is 4.68. The maximum Gasteiger partial charge on any atom is 0.328 e. The fourth-order valence-corrected chi connectivity index (χ4v) is 4.49. The highest BCUT2D eigenvalue weighted by Gasteiger charge is 2.21. The average molecular weight is 453 g/mol. The second kappa shape index (κ2) is 11.3. The molecule has 2 aromatic carbocycles. The standard InChI is InChI=1S/C20H20N2OS.C4H4O4/c23-20(22-11-9-21-10-12-22)13-18-16-6-2-1-5-15(16)14-24-19-8-4-3-7-17(18)19;5-3(6)1-2-4(7)8/h1-8,13,21H,9-12,14H2;1-2H,(H,5,6)(H,7,8)/b18-13-;2-1-. The summed E-state index contributed by atoms with van der Waals surface area (Å²) in [5, 5.41) is 18.9. The Morgan fingerprint density at radius 2 is 1.47 bits per heavy atom. The van der Waals surface area contributed by atoms with Crippen LogP contribution in [0.3, 0.4) is 0 Å². The summed E-state index contributed by atoms with van der Waals surface area (Å²) < 4.78 is 0. The molecule has 7 nitrogen and oxygen atoms in total. The van der Waals surface area contributed by atoms with Crippen LogP contribution in [0.1, 0.15) is 16.7 Å². The van der Waals surface area contributed by atoms with E-state index in [-0.39, 0.29) is 5.91 Å². The lowest BCUT2D eigenvalue weighted by Crippen LogP contribution is -2.45. The van der Waals surface area contributed by atoms with Crippen LogP contribution in [0.25, 0.3) is 5.57 Å². The van der Waals surface area contributed by atoms with Crippen LogP contribution >= 0.6 is 11.8 Å². The molecule has 0 unspecified atom stereocenters. The number of amides is 1. The number of hydrogen-bond donors (Lipinski definition) is 3. The van der Waals surface area contributed by atoms with Crippen molar-refractivity contribution in [3.63, 3.8) is 0 Å². The lowest BCUT2D eigenvalue weighted by molar-refractivity contribution is -0.134. The van der Waals surface area contributed by atoms with Gasteiger partial charge in [0.25, 0.3) is 0 Å². The monoisotopic (exact) mass is 452 g/mol. The topological polar surface area (TPSA) is 107 Å². The molecule has 166 valence electrons. The van der Waals surface area contributed by atoms with Crippen LogP contribution in [0.15, 0.2) is 71.7 Å². The maximum absolute atomic E-state index is 12.8. The van der Waals surface area contributed by atoms with E-state index in [0.29, 0.717) is 12.2 Å². The second-order valence-electron chi connectivity index (χ2n) is 7.09. The molecule has 1 amide bonds. The molecule has 0 bridgehead atoms. The van der Waals surface area contributed by atoms with Crippen LogP contribution in [0.5, 0.6) is 0 Å². The van der Waals surface area contributed by atoms with Gasteiger partial charge in [-0.1, -0.05) is 42.5 Å². The molecule has 2 aromatic rings. The van der Waals surface area contributed by atoms with Crippen LogP contribution in [0.2, 0.25) is 0 Å². The van der Waals surface area contributed by atoms with E-state index >= 15 is 0 Å². The molecule has 0 aliphatic carbocycles. The lowest BCUT2D eigenvalue weighted by atomic mass is 9.94. The van der Waals surface area contributed by atoms with Gasteiger partial charge in [-0.3, -0.25) is 4.79 Å². The van der Waals surface area contributed by atoms with Crippen LogP contribution < -0.4 is 5.32 Å². The fourth-order valence-electron chi connectivity index (χ4n) is 3.42. The lowest BCUT2D eigenvalue weighted by Gasteiger charge is -2.26. The molecule has 0 aromatic heterocycles. The van der Waals surface area contributed by atoms with Crippen LogP contribution in [0, 0.1) is 0 Å². The molecule has 1 fully saturated rings. The summed E-state index contributed by atoms with van der Waals surface area (Å²) in [6, 6.07) is 16.8. The summed E-state index contributed by atoms with van der Waals surface area (Å²) in [4.78, 5) is 35.1. The summed E-state index contributed by atoms with van der Waals surface area (Å²) in [6.45, 7) is 3.30. The van der Waals surface area contributed by atoms with Crippen molar-refractivity contribution in [3.8, 4) is 0 Å². The quantitative estimate of drug-likeness (QED) is 0.615. The summed E-state index contributed by atoms with van der Waals surface area (Å²) in [5.74, 6) is -1.46. The van der Waals surface area contributed by atoms with Gasteiger partial charge in [-0.05, 0) is 28.3 Å². The molecule has 0 saturated carbocycles. The van der Waals surface area contributed by atoms with E-state index in [9.17, 15) is 14.4 Å². The average Bonchev–Trinajstić information content (AvgIpc) is 2.96. The van der Waals surface area contributed by atoms with Gasteiger partial charge in [0, 0.05) is 55.1 Å². The number of aliphatic carboxylic acids is 2. The van der Waals surface area contributed by atoms with Crippen LogP contribution in [-0.2, 0) is 20.1 Å². The normalized spacial score (nSPS) is 16.4. The molecule has 2 aliphatic heterocycles. The van der Waals surface area contributed by atoms with Crippen LogP contribution in [-0.4, -0.2) is 59.1 Å². The Hall–Kier alpha value is -3.36. The molecular formula is C24H24N2O5S. The van der Waals surface area contributed by atoms with Crippen molar-refractivity contribution in [2.45, 2.75) is 10.6 Å². The van der Waals surface area contributed by atoms with E-state index in [1.807, 2.05) is 22.7 Å². The third-order valence-electron chi connectivity index (χ3n) is 4.93. The number of nitrogens with one attached hydrogen (secondary N) is 1. The Bertz CT molecular complexity index is 992. The predicted molar refractivity (Wildman–Crippen MR) is 123 cm³/mol. The molecule has 0 radical (unpaired) electrons. The Morgan fingerprint density at radius 1 is 0.875 bits per heavy atom. The summed E-state index contributed by atoms with van der Waals surface area (Å²) in [6.07, 6.45) is 2.96. The van der Waals surface area contributed by atoms with Gasteiger partial charge >= 0.3 is 11.9 Å². The summed E-state index contributed by atoms with van der Waals surface area (Å²) >= 11 is 1.84. The number of nitrogens with zero attached hydrogens (tertiary/aromatic N) is 1. The zero-order valence-electron chi connectivity index (χ0n) is 17.4. The fraction of sp³-hybridized carbons (Fsp3) is 0.208. The second-order valence-corrected chi connectivity index (χ2v) is 8.10.